The maximum atomic E-state index is 10.7. The van der Waals surface area contributed by atoms with Crippen molar-refractivity contribution in [1.82, 2.24) is 16.2 Å². The third-order valence-electron chi connectivity index (χ3n) is 1.34. The smallest absolute Gasteiger partial charge is 0.253 e. The van der Waals surface area contributed by atoms with Crippen molar-refractivity contribution in [2.24, 2.45) is 4.99 Å². The van der Waals surface area contributed by atoms with Crippen LogP contribution in [0.4, 0.5) is 0 Å². The lowest BCUT2D eigenvalue weighted by atomic mass is 10.4. The van der Waals surface area contributed by atoms with E-state index in [0.29, 0.717) is 5.96 Å². The molecule has 0 bridgehead atoms. The molecule has 0 aromatic heterocycles. The molecule has 0 saturated heterocycles. The predicted molar refractivity (Wildman–Crippen MR) is 46.9 cm³/mol. The van der Waals surface area contributed by atoms with Crippen LogP contribution in [0, 0.1) is 0 Å². The van der Waals surface area contributed by atoms with Gasteiger partial charge in [-0.2, -0.15) is 0 Å². The van der Waals surface area contributed by atoms with E-state index in [2.05, 4.69) is 21.2 Å². The average Bonchev–Trinajstić information content (AvgIpc) is 2.16. The molecule has 0 unspecified atom stereocenters. The molecule has 0 radical (unpaired) electrons. The van der Waals surface area contributed by atoms with Crippen molar-refractivity contribution < 1.29 is 4.79 Å². The van der Waals surface area contributed by atoms with Gasteiger partial charge in [-0.05, 0) is 6.42 Å². The number of aliphatic imine (C=N–C) groups is 1. The summed E-state index contributed by atoms with van der Waals surface area (Å²) in [4.78, 5) is 14.7. The molecule has 0 aliphatic carbocycles. The van der Waals surface area contributed by atoms with Gasteiger partial charge in [0.2, 0.25) is 5.96 Å². The first-order chi connectivity index (χ1) is 5.83. The highest BCUT2D eigenvalue weighted by Gasteiger charge is 2.03. The molecular weight excluding hydrogens is 180 g/mol. The maximum Gasteiger partial charge on any atom is 0.253 e. The van der Waals surface area contributed by atoms with Crippen LogP contribution in [0.15, 0.2) is 4.99 Å². The van der Waals surface area contributed by atoms with Crippen LogP contribution in [0.2, 0.25) is 0 Å². The Morgan fingerprint density at radius 2 is 2.58 bits per heavy atom. The second-order valence-electron chi connectivity index (χ2n) is 2.32. The summed E-state index contributed by atoms with van der Waals surface area (Å²) in [6.45, 7) is 1.66. The van der Waals surface area contributed by atoms with E-state index in [0.717, 1.165) is 19.5 Å². The number of rotatable bonds is 1. The fraction of sp³-hybridized carbons (Fsp3) is 0.667. The first-order valence-corrected chi connectivity index (χ1v) is 4.25. The number of carbonyl (C=O) groups is 1. The number of nitrogens with one attached hydrogen (secondary N) is 3. The van der Waals surface area contributed by atoms with E-state index >= 15 is 0 Å². The van der Waals surface area contributed by atoms with Crippen molar-refractivity contribution in [1.29, 1.82) is 0 Å². The molecule has 1 aliphatic rings. The SMILES string of the molecule is O=C(CCl)NNC1=NCCCN1. The summed E-state index contributed by atoms with van der Waals surface area (Å²) in [5.41, 5.74) is 5.02. The molecule has 6 heteroatoms. The van der Waals surface area contributed by atoms with Crippen molar-refractivity contribution in [2.75, 3.05) is 19.0 Å². The Balaban J connectivity index is 2.21. The van der Waals surface area contributed by atoms with Crippen LogP contribution in [-0.2, 0) is 4.79 Å². The van der Waals surface area contributed by atoms with E-state index in [1.165, 1.54) is 0 Å². The van der Waals surface area contributed by atoms with Crippen molar-refractivity contribution in [2.45, 2.75) is 6.42 Å². The molecule has 0 aromatic rings. The fourth-order valence-corrected chi connectivity index (χ4v) is 0.845. The van der Waals surface area contributed by atoms with Crippen LogP contribution in [0.25, 0.3) is 0 Å². The highest BCUT2D eigenvalue weighted by molar-refractivity contribution is 6.27. The van der Waals surface area contributed by atoms with Gasteiger partial charge in [-0.1, -0.05) is 0 Å². The predicted octanol–water partition coefficient (Wildman–Crippen LogP) is -0.805. The van der Waals surface area contributed by atoms with Crippen LogP contribution in [-0.4, -0.2) is 30.8 Å². The second kappa shape index (κ2) is 4.82. The lowest BCUT2D eigenvalue weighted by Gasteiger charge is -2.15. The Bertz CT molecular complexity index is 194. The summed E-state index contributed by atoms with van der Waals surface area (Å²) >= 11 is 5.26. The average molecular weight is 191 g/mol. The number of nitrogens with zero attached hydrogens (tertiary/aromatic N) is 1. The number of hydrazine groups is 1. The van der Waals surface area contributed by atoms with Gasteiger partial charge < -0.3 is 5.32 Å². The molecule has 1 heterocycles. The molecule has 1 rings (SSSR count). The zero-order valence-corrected chi connectivity index (χ0v) is 7.32. The standard InChI is InChI=1S/C6H11ClN4O/c7-4-5(12)10-11-6-8-2-1-3-9-6/h1-4H2,(H,10,12)(H2,8,9,11). The van der Waals surface area contributed by atoms with Crippen LogP contribution in [0.1, 0.15) is 6.42 Å². The van der Waals surface area contributed by atoms with Crippen molar-refractivity contribution in [3.05, 3.63) is 0 Å². The van der Waals surface area contributed by atoms with Crippen molar-refractivity contribution >= 4 is 23.5 Å². The summed E-state index contributed by atoms with van der Waals surface area (Å²) in [7, 11) is 0. The molecule has 1 aliphatic heterocycles. The first kappa shape index (κ1) is 9.12. The number of alkyl halides is 1. The minimum atomic E-state index is -0.272. The molecule has 5 nitrogen and oxygen atoms in total. The van der Waals surface area contributed by atoms with Gasteiger partial charge in [0.05, 0.1) is 0 Å². The molecular formula is C6H11ClN4O. The molecule has 0 saturated carbocycles. The van der Waals surface area contributed by atoms with Crippen LogP contribution in [0.5, 0.6) is 0 Å². The van der Waals surface area contributed by atoms with E-state index < -0.39 is 0 Å². The normalized spacial score (nSPS) is 15.9. The van der Waals surface area contributed by atoms with Gasteiger partial charge in [-0.15, -0.1) is 11.6 Å². The van der Waals surface area contributed by atoms with Crippen LogP contribution < -0.4 is 16.2 Å². The summed E-state index contributed by atoms with van der Waals surface area (Å²) in [5, 5.41) is 2.98. The van der Waals surface area contributed by atoms with E-state index in [4.69, 9.17) is 11.6 Å². The molecule has 0 spiro atoms. The molecule has 68 valence electrons. The Morgan fingerprint density at radius 3 is 3.17 bits per heavy atom. The maximum absolute atomic E-state index is 10.7. The molecule has 12 heavy (non-hydrogen) atoms. The van der Waals surface area contributed by atoms with Gasteiger partial charge in [0.15, 0.2) is 0 Å². The molecule has 0 atom stereocenters. The fourth-order valence-electron chi connectivity index (χ4n) is 0.779. The van der Waals surface area contributed by atoms with Crippen molar-refractivity contribution in [3.63, 3.8) is 0 Å². The van der Waals surface area contributed by atoms with Crippen LogP contribution >= 0.6 is 11.6 Å². The zero-order valence-electron chi connectivity index (χ0n) is 6.56. The Labute approximate surface area is 75.5 Å². The molecule has 0 fully saturated rings. The van der Waals surface area contributed by atoms with E-state index in [-0.39, 0.29) is 11.8 Å². The third kappa shape index (κ3) is 2.96. The van der Waals surface area contributed by atoms with Gasteiger partial charge in [-0.25, -0.2) is 0 Å². The summed E-state index contributed by atoms with van der Waals surface area (Å²) in [6, 6.07) is 0. The number of hydrogen-bond donors (Lipinski definition) is 3. The summed E-state index contributed by atoms with van der Waals surface area (Å²) < 4.78 is 0. The van der Waals surface area contributed by atoms with Gasteiger partial charge in [0.25, 0.3) is 5.91 Å². The van der Waals surface area contributed by atoms with E-state index in [1.807, 2.05) is 0 Å². The number of guanidine groups is 1. The molecule has 1 amide bonds. The van der Waals surface area contributed by atoms with E-state index in [9.17, 15) is 4.79 Å². The lowest BCUT2D eigenvalue weighted by molar-refractivity contribution is -0.119. The third-order valence-corrected chi connectivity index (χ3v) is 1.58. The second-order valence-corrected chi connectivity index (χ2v) is 2.58. The zero-order chi connectivity index (χ0) is 8.81. The summed E-state index contributed by atoms with van der Waals surface area (Å²) in [6.07, 6.45) is 1.02. The summed E-state index contributed by atoms with van der Waals surface area (Å²) in [5.74, 6) is 0.270. The van der Waals surface area contributed by atoms with Crippen LogP contribution in [0.3, 0.4) is 0 Å². The quantitative estimate of drug-likeness (QED) is 0.375. The number of carbonyl (C=O) groups excluding carboxylic acids is 1. The van der Waals surface area contributed by atoms with Gasteiger partial charge in [0.1, 0.15) is 5.88 Å². The Kier molecular flexibility index (Phi) is 3.66. The van der Waals surface area contributed by atoms with Gasteiger partial charge >= 0.3 is 0 Å². The van der Waals surface area contributed by atoms with Gasteiger partial charge in [0, 0.05) is 13.1 Å². The molecule has 3 N–H and O–H groups in total. The largest absolute Gasteiger partial charge is 0.355 e. The monoisotopic (exact) mass is 190 g/mol. The minimum absolute atomic E-state index is 0.0553. The first-order valence-electron chi connectivity index (χ1n) is 3.72. The number of hydrogen-bond acceptors (Lipinski definition) is 4. The van der Waals surface area contributed by atoms with Gasteiger partial charge in [-0.3, -0.25) is 20.6 Å². The number of amides is 1. The Hall–Kier alpha value is -0.970. The highest BCUT2D eigenvalue weighted by atomic mass is 35.5. The van der Waals surface area contributed by atoms with E-state index in [1.54, 1.807) is 0 Å². The number of halogens is 1. The van der Waals surface area contributed by atoms with Crippen molar-refractivity contribution in [3.8, 4) is 0 Å². The lowest BCUT2D eigenvalue weighted by Crippen LogP contribution is -2.50. The molecule has 0 aromatic carbocycles. The topological polar surface area (TPSA) is 65.5 Å². The highest BCUT2D eigenvalue weighted by Crippen LogP contribution is 1.85. The minimum Gasteiger partial charge on any atom is -0.355 e. The Morgan fingerprint density at radius 1 is 1.75 bits per heavy atom.